The van der Waals surface area contributed by atoms with Gasteiger partial charge in [-0.25, -0.2) is 0 Å². The number of ether oxygens (including phenoxy) is 9. The van der Waals surface area contributed by atoms with Crippen molar-refractivity contribution in [3.8, 4) is 0 Å². The van der Waals surface area contributed by atoms with Gasteiger partial charge in [-0.15, -0.1) is 0 Å². The van der Waals surface area contributed by atoms with Crippen LogP contribution in [0.2, 0.25) is 0 Å². The van der Waals surface area contributed by atoms with Crippen LogP contribution in [0.1, 0.15) is 54.9 Å². The van der Waals surface area contributed by atoms with Gasteiger partial charge in [0.25, 0.3) is 0 Å². The minimum atomic E-state index is -2.30. The Kier molecular flexibility index (Phi) is 31.1. The van der Waals surface area contributed by atoms with E-state index in [1.54, 1.807) is 0 Å². The Hall–Kier alpha value is -4.89. The largest absolute Gasteiger partial charge is 0.394 e. The van der Waals surface area contributed by atoms with Gasteiger partial charge in [0.2, 0.25) is 47.3 Å². The van der Waals surface area contributed by atoms with E-state index >= 15 is 0 Å². The minimum Gasteiger partial charge on any atom is -0.394 e. The summed E-state index contributed by atoms with van der Waals surface area (Å²) in [6.45, 7) is 3.99. The quantitative estimate of drug-likeness (QED) is 0.0318. The molecule has 5 heterocycles. The zero-order valence-corrected chi connectivity index (χ0v) is 54.0. The predicted octanol–water partition coefficient (Wildman–Crippen LogP) is -14.8. The molecule has 0 spiro atoms. The first kappa shape index (κ1) is 81.8. The molecule has 5 aliphatic heterocycles. The Morgan fingerprint density at radius 2 is 0.917 bits per heavy atom. The van der Waals surface area contributed by atoms with Gasteiger partial charge in [0.1, 0.15) is 146 Å². The SMILES string of the molecule is CC(=O)N[C@@H]1[C@@H](O)[C@H](O[C@@H]2O[C@H](CO)[C@@H](O[C@@H]3O[C@H](CO[C@H]4O[C@H](CO)[C@@H](O)[C@H](O)[C@@H]4O)[C@@H](O)[C@H](O[C@H]4O[C@H](CO)[C@@H](O)[C@H](O)[C@@H]4O)[C@H]3O)[C@H](O)[C@H]2NC(C)=O)[C@@H](CO)O[C@H]1NC(=O)C[C@H](NC(=O)[C@H](C)NC(=O)[C@@H](N)CSC(C)(C)C)C(=O)N[C@@H](C)C(=O)N[C@@H](CO)C(N)=O. The molecule has 41 nitrogen and oxygen atoms in total. The number of carbonyl (C=O) groups excluding carboxylic acids is 8. The molecule has 96 heavy (non-hydrogen) atoms. The molecule has 30 atom stereocenters. The fourth-order valence-electron chi connectivity index (χ4n) is 10.5. The van der Waals surface area contributed by atoms with Crippen molar-refractivity contribution in [3.05, 3.63) is 0 Å². The summed E-state index contributed by atoms with van der Waals surface area (Å²) in [4.78, 5) is 105. The van der Waals surface area contributed by atoms with E-state index in [1.807, 2.05) is 20.8 Å². The molecule has 42 heteroatoms. The van der Waals surface area contributed by atoms with Crippen molar-refractivity contribution < 1.29 is 158 Å². The molecule has 5 aliphatic rings. The van der Waals surface area contributed by atoms with Gasteiger partial charge < -0.3 is 168 Å². The van der Waals surface area contributed by atoms with Crippen LogP contribution in [0.3, 0.4) is 0 Å². The van der Waals surface area contributed by atoms with E-state index in [1.165, 1.54) is 18.7 Å². The lowest BCUT2D eigenvalue weighted by molar-refractivity contribution is -0.383. The molecule has 0 aromatic rings. The third-order valence-electron chi connectivity index (χ3n) is 15.8. The summed E-state index contributed by atoms with van der Waals surface area (Å²) in [5.74, 6) is -8.12. The lowest BCUT2D eigenvalue weighted by Gasteiger charge is -2.50. The summed E-state index contributed by atoms with van der Waals surface area (Å²) in [6, 6.07) is -11.3. The maximum atomic E-state index is 14.1. The zero-order valence-electron chi connectivity index (χ0n) is 53.2. The average molecular weight is 1410 g/mol. The molecule has 0 aliphatic carbocycles. The van der Waals surface area contributed by atoms with E-state index in [9.17, 15) is 115 Å². The van der Waals surface area contributed by atoms with Crippen LogP contribution >= 0.6 is 11.8 Å². The number of aliphatic hydroxyl groups is 15. The van der Waals surface area contributed by atoms with Gasteiger partial charge in [-0.05, 0) is 13.8 Å². The standard InChI is InChI=1S/C54H93N9O32S/c1-16(57-47(85)20(55)15-96-54(5,6)7)45(83)61-21(48(86)58-17(2)46(84)62-22(9-64)44(56)82)8-28(71)63-49-29(59-18(3)69)34(75)41(25(12-67)88-49)93-50-30(60-19(4)70)35(76)42(26(13-68)91-50)94-53-40(81)43(95-52-39(80)37(78)32(73)24(11-66)90-52)33(74)27(92-53)14-87-51-38(79)36(77)31(72)23(10-65)89-51/h16-17,20-27,29-43,49-53,64-68,72-81H,8-15,55H2,1-7H3,(H2,56,82)(H,57,85)(H,58,86)(H,59,69)(H,60,70)(H,61,83)(H,62,84)(H,63,71)/t16-,17-,20-,21-,22-,23+,24+,25+,26+,27+,29+,30+,31+,32+,33+,34+,35+,36-,37-,38-,39-,40+,41+,42+,43-,49+,50-,51-,52+,53-/m0/s1. The number of amides is 8. The summed E-state index contributed by atoms with van der Waals surface area (Å²) in [7, 11) is 0. The van der Waals surface area contributed by atoms with Gasteiger partial charge in [0, 0.05) is 24.3 Å². The van der Waals surface area contributed by atoms with Crippen molar-refractivity contribution in [3.63, 3.8) is 0 Å². The monoisotopic (exact) mass is 1410 g/mol. The van der Waals surface area contributed by atoms with E-state index in [0.717, 1.165) is 20.8 Å². The summed E-state index contributed by atoms with van der Waals surface area (Å²) < 4.78 is 51.9. The van der Waals surface area contributed by atoms with Crippen LogP contribution in [0.15, 0.2) is 0 Å². The van der Waals surface area contributed by atoms with Gasteiger partial charge in [-0.3, -0.25) is 38.4 Å². The third kappa shape index (κ3) is 21.3. The highest BCUT2D eigenvalue weighted by Crippen LogP contribution is 2.36. The van der Waals surface area contributed by atoms with Crippen molar-refractivity contribution in [2.45, 2.75) is 243 Å². The molecule has 552 valence electrons. The molecular weight excluding hydrogens is 1320 g/mol. The van der Waals surface area contributed by atoms with Crippen LogP contribution in [-0.4, -0.2) is 358 Å². The van der Waals surface area contributed by atoms with Gasteiger partial charge in [-0.1, -0.05) is 20.8 Å². The fourth-order valence-corrected chi connectivity index (χ4v) is 11.3. The highest BCUT2D eigenvalue weighted by atomic mass is 32.2. The summed E-state index contributed by atoms with van der Waals surface area (Å²) in [5, 5.41) is 178. The van der Waals surface area contributed by atoms with E-state index in [0.29, 0.717) is 0 Å². The van der Waals surface area contributed by atoms with Crippen LogP contribution in [0, 0.1) is 0 Å². The van der Waals surface area contributed by atoms with Crippen molar-refractivity contribution >= 4 is 59.0 Å². The smallest absolute Gasteiger partial charge is 0.243 e. The van der Waals surface area contributed by atoms with E-state index in [2.05, 4.69) is 37.2 Å². The molecule has 5 rings (SSSR count). The summed E-state index contributed by atoms with van der Waals surface area (Å²) >= 11 is 1.36. The molecular formula is C54H93N9O32S. The summed E-state index contributed by atoms with van der Waals surface area (Å²) in [6.07, 6.45) is -46.4. The van der Waals surface area contributed by atoms with Gasteiger partial charge >= 0.3 is 0 Å². The van der Waals surface area contributed by atoms with E-state index in [4.69, 9.17) is 54.1 Å². The van der Waals surface area contributed by atoms with Crippen LogP contribution in [0.25, 0.3) is 0 Å². The molecule has 0 radical (unpaired) electrons. The topological polar surface area (TPSA) is 659 Å². The lowest BCUT2D eigenvalue weighted by atomic mass is 9.93. The Bertz CT molecular complexity index is 2590. The van der Waals surface area contributed by atoms with Crippen LogP contribution < -0.4 is 48.7 Å². The predicted molar refractivity (Wildman–Crippen MR) is 316 cm³/mol. The van der Waals surface area contributed by atoms with Crippen LogP contribution in [0.5, 0.6) is 0 Å². The Morgan fingerprint density at radius 1 is 0.479 bits per heavy atom. The molecule has 5 fully saturated rings. The van der Waals surface area contributed by atoms with Crippen molar-refractivity contribution in [2.24, 2.45) is 11.5 Å². The number of primary amides is 1. The maximum Gasteiger partial charge on any atom is 0.243 e. The molecule has 0 unspecified atom stereocenters. The van der Waals surface area contributed by atoms with Crippen LogP contribution in [0.4, 0.5) is 0 Å². The second-order valence-corrected chi connectivity index (χ2v) is 26.3. The second-order valence-electron chi connectivity index (χ2n) is 24.5. The first-order chi connectivity index (χ1) is 44.9. The molecule has 8 amide bonds. The van der Waals surface area contributed by atoms with E-state index in [-0.39, 0.29) is 10.5 Å². The number of rotatable bonds is 30. The maximum absolute atomic E-state index is 14.1. The lowest BCUT2D eigenvalue weighted by Crippen LogP contribution is -2.71. The third-order valence-corrected chi connectivity index (χ3v) is 17.2. The number of aliphatic hydroxyl groups excluding tert-OH is 15. The average Bonchev–Trinajstić information content (AvgIpc) is 0.794. The van der Waals surface area contributed by atoms with Gasteiger partial charge in [0.15, 0.2) is 31.4 Å². The molecule has 0 aromatic heterocycles. The number of nitrogens with two attached hydrogens (primary N) is 2. The Balaban J connectivity index is 1.40. The van der Waals surface area contributed by atoms with Crippen molar-refractivity contribution in [2.75, 3.05) is 45.4 Å². The first-order valence-electron chi connectivity index (χ1n) is 30.4. The molecule has 26 N–H and O–H groups in total. The Morgan fingerprint density at radius 3 is 1.43 bits per heavy atom. The van der Waals surface area contributed by atoms with Gasteiger partial charge in [0.05, 0.1) is 52.1 Å². The van der Waals surface area contributed by atoms with Crippen LogP contribution in [-0.2, 0) is 81.0 Å². The number of hydrogen-bond acceptors (Lipinski definition) is 34. The number of thioether (sulfide) groups is 1. The minimum absolute atomic E-state index is 0.140. The highest BCUT2D eigenvalue weighted by molar-refractivity contribution is 8.00. The van der Waals surface area contributed by atoms with Crippen molar-refractivity contribution in [1.82, 2.24) is 37.2 Å². The normalized spacial score (nSPS) is 37.3. The number of hydrogen-bond donors (Lipinski definition) is 24. The van der Waals surface area contributed by atoms with Gasteiger partial charge in [-0.2, -0.15) is 11.8 Å². The van der Waals surface area contributed by atoms with Crippen molar-refractivity contribution in [1.29, 1.82) is 0 Å². The Labute approximate surface area is 552 Å². The zero-order chi connectivity index (χ0) is 72.1. The molecule has 0 saturated carbocycles. The second kappa shape index (κ2) is 36.4. The fraction of sp³-hybridized carbons (Fsp3) is 0.852. The molecule has 0 bridgehead atoms. The molecule has 0 aromatic carbocycles. The first-order valence-corrected chi connectivity index (χ1v) is 31.3. The van der Waals surface area contributed by atoms with E-state index < -0.39 is 277 Å². The number of carbonyl (C=O) groups is 8. The molecule has 5 saturated heterocycles. The number of nitrogens with one attached hydrogen (secondary N) is 7. The summed E-state index contributed by atoms with van der Waals surface area (Å²) in [5.41, 5.74) is 11.3. The highest BCUT2D eigenvalue weighted by Gasteiger charge is 2.57.